The lowest BCUT2D eigenvalue weighted by atomic mass is 9.95. The molecular weight excluding hydrogens is 204 g/mol. The molecule has 84 valence electrons. The molecular formula is C13H14O3. The van der Waals surface area contributed by atoms with Crippen molar-refractivity contribution in [1.82, 2.24) is 0 Å². The van der Waals surface area contributed by atoms with Crippen LogP contribution in [0.2, 0.25) is 0 Å². The normalized spacial score (nSPS) is 19.3. The monoisotopic (exact) mass is 218 g/mol. The van der Waals surface area contributed by atoms with E-state index in [1.165, 1.54) is 13.0 Å². The molecule has 0 aromatic heterocycles. The molecule has 0 unspecified atom stereocenters. The van der Waals surface area contributed by atoms with Crippen LogP contribution in [-0.2, 0) is 15.1 Å². The van der Waals surface area contributed by atoms with Crippen LogP contribution in [0.4, 0.5) is 0 Å². The van der Waals surface area contributed by atoms with Crippen molar-refractivity contribution in [3.8, 4) is 5.75 Å². The Kier molecular flexibility index (Phi) is 2.26. The predicted octanol–water partition coefficient (Wildman–Crippen LogP) is 2.59. The fourth-order valence-electron chi connectivity index (χ4n) is 1.94. The Morgan fingerprint density at radius 2 is 2.12 bits per heavy atom. The van der Waals surface area contributed by atoms with Gasteiger partial charge in [-0.3, -0.25) is 4.79 Å². The Labute approximate surface area is 94.4 Å². The highest BCUT2D eigenvalue weighted by molar-refractivity contribution is 5.94. The molecule has 0 bridgehead atoms. The van der Waals surface area contributed by atoms with E-state index in [1.807, 2.05) is 19.9 Å². The summed E-state index contributed by atoms with van der Waals surface area (Å²) in [7, 11) is 0. The lowest BCUT2D eigenvalue weighted by Gasteiger charge is -2.18. The topological polar surface area (TPSA) is 46.5 Å². The molecule has 0 aliphatic carbocycles. The van der Waals surface area contributed by atoms with E-state index < -0.39 is 5.60 Å². The number of rotatable bonds is 1. The van der Waals surface area contributed by atoms with Crippen molar-refractivity contribution in [2.75, 3.05) is 0 Å². The molecule has 1 aromatic rings. The number of hydrogen-bond acceptors (Lipinski definition) is 3. The molecule has 1 N–H and O–H groups in total. The van der Waals surface area contributed by atoms with Gasteiger partial charge in [-0.1, -0.05) is 6.07 Å². The summed E-state index contributed by atoms with van der Waals surface area (Å²) in [4.78, 5) is 11.1. The maximum atomic E-state index is 11.1. The number of allylic oxidation sites excluding steroid dienone is 1. The summed E-state index contributed by atoms with van der Waals surface area (Å²) < 4.78 is 5.71. The number of hydrogen-bond donors (Lipinski definition) is 1. The average molecular weight is 218 g/mol. The Morgan fingerprint density at radius 1 is 1.44 bits per heavy atom. The van der Waals surface area contributed by atoms with Crippen molar-refractivity contribution < 1.29 is 14.6 Å². The minimum atomic E-state index is -0.454. The van der Waals surface area contributed by atoms with Crippen molar-refractivity contribution in [2.45, 2.75) is 26.4 Å². The zero-order valence-electron chi connectivity index (χ0n) is 9.57. The standard InChI is InChI=1S/C13H14O3/c1-8(14)6-12-10-7-9(15)4-5-11(10)13(2,3)16-12/h4-7,15H,1-3H3. The molecule has 0 saturated heterocycles. The number of phenols is 1. The van der Waals surface area contributed by atoms with Gasteiger partial charge in [0.15, 0.2) is 5.78 Å². The summed E-state index contributed by atoms with van der Waals surface area (Å²) in [6, 6.07) is 5.07. The van der Waals surface area contributed by atoms with Gasteiger partial charge in [0.2, 0.25) is 0 Å². The lowest BCUT2D eigenvalue weighted by Crippen LogP contribution is -2.14. The number of benzene rings is 1. The van der Waals surface area contributed by atoms with E-state index in [0.29, 0.717) is 5.76 Å². The number of carbonyl (C=O) groups excluding carboxylic acids is 1. The van der Waals surface area contributed by atoms with Crippen molar-refractivity contribution >= 4 is 11.5 Å². The maximum absolute atomic E-state index is 11.1. The lowest BCUT2D eigenvalue weighted by molar-refractivity contribution is -0.112. The third-order valence-corrected chi connectivity index (χ3v) is 2.62. The zero-order chi connectivity index (χ0) is 11.9. The predicted molar refractivity (Wildman–Crippen MR) is 60.9 cm³/mol. The Morgan fingerprint density at radius 3 is 2.75 bits per heavy atom. The molecule has 1 heterocycles. The van der Waals surface area contributed by atoms with Gasteiger partial charge in [-0.05, 0) is 32.9 Å². The molecule has 0 fully saturated rings. The second kappa shape index (κ2) is 3.37. The summed E-state index contributed by atoms with van der Waals surface area (Å²) in [6.45, 7) is 5.35. The first-order valence-corrected chi connectivity index (χ1v) is 5.15. The first-order valence-electron chi connectivity index (χ1n) is 5.15. The highest BCUT2D eigenvalue weighted by Crippen LogP contribution is 2.43. The second-order valence-corrected chi connectivity index (χ2v) is 4.46. The van der Waals surface area contributed by atoms with E-state index in [9.17, 15) is 9.90 Å². The van der Waals surface area contributed by atoms with Gasteiger partial charge in [0.05, 0.1) is 0 Å². The molecule has 0 atom stereocenters. The van der Waals surface area contributed by atoms with Gasteiger partial charge in [-0.15, -0.1) is 0 Å². The number of aromatic hydroxyl groups is 1. The molecule has 16 heavy (non-hydrogen) atoms. The smallest absolute Gasteiger partial charge is 0.156 e. The van der Waals surface area contributed by atoms with E-state index in [-0.39, 0.29) is 11.5 Å². The van der Waals surface area contributed by atoms with Crippen LogP contribution >= 0.6 is 0 Å². The van der Waals surface area contributed by atoms with Gasteiger partial charge < -0.3 is 9.84 Å². The summed E-state index contributed by atoms with van der Waals surface area (Å²) in [5, 5.41) is 9.45. The van der Waals surface area contributed by atoms with Gasteiger partial charge in [0, 0.05) is 17.2 Å². The Hall–Kier alpha value is -1.77. The Bertz CT molecular complexity index is 484. The second-order valence-electron chi connectivity index (χ2n) is 4.46. The number of carbonyl (C=O) groups is 1. The van der Waals surface area contributed by atoms with Crippen molar-refractivity contribution in [3.05, 3.63) is 35.4 Å². The third kappa shape index (κ3) is 1.69. The summed E-state index contributed by atoms with van der Waals surface area (Å²) in [6.07, 6.45) is 1.45. The van der Waals surface area contributed by atoms with Crippen LogP contribution < -0.4 is 0 Å². The number of fused-ring (bicyclic) bond motifs is 1. The molecule has 0 amide bonds. The van der Waals surface area contributed by atoms with Crippen LogP contribution in [0.15, 0.2) is 24.3 Å². The summed E-state index contributed by atoms with van der Waals surface area (Å²) >= 11 is 0. The fourth-order valence-corrected chi connectivity index (χ4v) is 1.94. The third-order valence-electron chi connectivity index (χ3n) is 2.62. The van der Waals surface area contributed by atoms with Gasteiger partial charge in [0.25, 0.3) is 0 Å². The molecule has 0 radical (unpaired) electrons. The fraction of sp³-hybridized carbons (Fsp3) is 0.308. The molecule has 1 aliphatic heterocycles. The van der Waals surface area contributed by atoms with Gasteiger partial charge in [0.1, 0.15) is 17.1 Å². The van der Waals surface area contributed by atoms with E-state index in [2.05, 4.69) is 0 Å². The first kappa shape index (κ1) is 10.7. The van der Waals surface area contributed by atoms with Crippen molar-refractivity contribution in [2.24, 2.45) is 0 Å². The molecule has 3 heteroatoms. The summed E-state index contributed by atoms with van der Waals surface area (Å²) in [5.41, 5.74) is 1.32. The molecule has 1 aliphatic rings. The van der Waals surface area contributed by atoms with Gasteiger partial charge >= 0.3 is 0 Å². The largest absolute Gasteiger partial charge is 0.508 e. The average Bonchev–Trinajstić information content (AvgIpc) is 2.37. The number of phenolic OH excluding ortho intramolecular Hbond substituents is 1. The highest BCUT2D eigenvalue weighted by atomic mass is 16.5. The van der Waals surface area contributed by atoms with E-state index in [0.717, 1.165) is 11.1 Å². The van der Waals surface area contributed by atoms with Gasteiger partial charge in [-0.25, -0.2) is 0 Å². The van der Waals surface area contributed by atoms with Gasteiger partial charge in [-0.2, -0.15) is 0 Å². The number of ether oxygens (including phenoxy) is 1. The maximum Gasteiger partial charge on any atom is 0.156 e. The zero-order valence-corrected chi connectivity index (χ0v) is 9.57. The first-order chi connectivity index (χ1) is 7.40. The van der Waals surface area contributed by atoms with Crippen LogP contribution in [0.3, 0.4) is 0 Å². The molecule has 0 saturated carbocycles. The molecule has 1 aromatic carbocycles. The number of ketones is 1. The summed E-state index contributed by atoms with van der Waals surface area (Å²) in [5.74, 6) is 0.639. The van der Waals surface area contributed by atoms with Crippen molar-refractivity contribution in [3.63, 3.8) is 0 Å². The van der Waals surface area contributed by atoms with E-state index >= 15 is 0 Å². The minimum absolute atomic E-state index is 0.0676. The van der Waals surface area contributed by atoms with Crippen LogP contribution in [0.25, 0.3) is 5.76 Å². The van der Waals surface area contributed by atoms with Crippen molar-refractivity contribution in [1.29, 1.82) is 0 Å². The molecule has 0 spiro atoms. The van der Waals surface area contributed by atoms with Crippen LogP contribution in [0.1, 0.15) is 31.9 Å². The highest BCUT2D eigenvalue weighted by Gasteiger charge is 2.35. The minimum Gasteiger partial charge on any atom is -0.508 e. The van der Waals surface area contributed by atoms with Crippen LogP contribution in [0, 0.1) is 0 Å². The van der Waals surface area contributed by atoms with Crippen LogP contribution in [0.5, 0.6) is 5.75 Å². The van der Waals surface area contributed by atoms with E-state index in [4.69, 9.17) is 4.74 Å². The molecule has 2 rings (SSSR count). The Balaban J connectivity index is 2.60. The molecule has 3 nitrogen and oxygen atoms in total. The SMILES string of the molecule is CC(=O)C=C1OC(C)(C)c2ccc(O)cc21. The van der Waals surface area contributed by atoms with Crippen LogP contribution in [-0.4, -0.2) is 10.9 Å². The van der Waals surface area contributed by atoms with E-state index in [1.54, 1.807) is 12.1 Å². The quantitative estimate of drug-likeness (QED) is 0.737.